The molecule has 1 aliphatic heterocycles. The Kier molecular flexibility index (Phi) is 4.76. The molecule has 1 aromatic rings. The van der Waals surface area contributed by atoms with Crippen LogP contribution in [0.5, 0.6) is 0 Å². The predicted molar refractivity (Wildman–Crippen MR) is 70.0 cm³/mol. The lowest BCUT2D eigenvalue weighted by Crippen LogP contribution is -2.22. The summed E-state index contributed by atoms with van der Waals surface area (Å²) in [6, 6.07) is 0.200. The van der Waals surface area contributed by atoms with Crippen molar-refractivity contribution in [3.63, 3.8) is 0 Å². The van der Waals surface area contributed by atoms with Crippen LogP contribution in [0.25, 0.3) is 0 Å². The van der Waals surface area contributed by atoms with Gasteiger partial charge >= 0.3 is 0 Å². The molecule has 0 aromatic carbocycles. The third kappa shape index (κ3) is 3.66. The molecule has 2 heterocycles. The van der Waals surface area contributed by atoms with Gasteiger partial charge in [0.1, 0.15) is 6.10 Å². The van der Waals surface area contributed by atoms with Crippen LogP contribution in [0, 0.1) is 0 Å². The molecule has 1 aromatic heterocycles. The molecule has 0 aliphatic carbocycles. The highest BCUT2D eigenvalue weighted by Crippen LogP contribution is 2.23. The van der Waals surface area contributed by atoms with Crippen molar-refractivity contribution in [2.75, 3.05) is 18.1 Å². The average Bonchev–Trinajstić information content (AvgIpc) is 2.40. The number of aromatic nitrogens is 2. The van der Waals surface area contributed by atoms with E-state index in [1.165, 1.54) is 0 Å². The third-order valence-corrected chi connectivity index (χ3v) is 3.85. The van der Waals surface area contributed by atoms with Gasteiger partial charge in [-0.15, -0.1) is 0 Å². The van der Waals surface area contributed by atoms with E-state index in [0.717, 1.165) is 42.3 Å². The first-order valence-electron chi connectivity index (χ1n) is 6.05. The Hall–Kier alpha value is -0.650. The molecule has 2 rings (SSSR count). The van der Waals surface area contributed by atoms with Crippen molar-refractivity contribution < 1.29 is 4.74 Å². The summed E-state index contributed by atoms with van der Waals surface area (Å²) >= 11 is 1.89. The molecule has 17 heavy (non-hydrogen) atoms. The van der Waals surface area contributed by atoms with Gasteiger partial charge in [0.2, 0.25) is 0 Å². The van der Waals surface area contributed by atoms with E-state index in [-0.39, 0.29) is 12.1 Å². The highest BCUT2D eigenvalue weighted by Gasteiger charge is 2.18. The van der Waals surface area contributed by atoms with Crippen molar-refractivity contribution in [2.45, 2.75) is 31.9 Å². The molecule has 2 atom stereocenters. The van der Waals surface area contributed by atoms with Gasteiger partial charge in [-0.1, -0.05) is 6.92 Å². The molecule has 0 amide bonds. The van der Waals surface area contributed by atoms with Crippen LogP contribution in [0.1, 0.15) is 30.8 Å². The maximum atomic E-state index is 5.90. The van der Waals surface area contributed by atoms with Crippen molar-refractivity contribution in [1.82, 2.24) is 9.97 Å². The van der Waals surface area contributed by atoms with E-state index < -0.39 is 0 Å². The average molecular weight is 253 g/mol. The number of rotatable bonds is 4. The number of nitrogens with two attached hydrogens (primary N) is 1. The minimum Gasteiger partial charge on any atom is -0.368 e. The van der Waals surface area contributed by atoms with Crippen LogP contribution in [0.15, 0.2) is 12.4 Å². The van der Waals surface area contributed by atoms with Gasteiger partial charge in [-0.3, -0.25) is 0 Å². The third-order valence-electron chi connectivity index (χ3n) is 2.85. The molecule has 1 aliphatic rings. The summed E-state index contributed by atoms with van der Waals surface area (Å²) in [6.07, 6.45) is 5.63. The maximum absolute atomic E-state index is 5.90. The fraction of sp³-hybridized carbons (Fsp3) is 0.667. The van der Waals surface area contributed by atoms with Crippen LogP contribution in [0.2, 0.25) is 0 Å². The van der Waals surface area contributed by atoms with E-state index in [4.69, 9.17) is 10.5 Å². The van der Waals surface area contributed by atoms with Crippen LogP contribution < -0.4 is 5.73 Å². The molecule has 5 heteroatoms. The molecule has 0 radical (unpaired) electrons. The SMILES string of the molecule is CCC(N)Cc1cnc(C2CSCCO2)nc1. The van der Waals surface area contributed by atoms with Gasteiger partial charge < -0.3 is 10.5 Å². The van der Waals surface area contributed by atoms with Gasteiger partial charge in [0.25, 0.3) is 0 Å². The largest absolute Gasteiger partial charge is 0.368 e. The van der Waals surface area contributed by atoms with Crippen molar-refractivity contribution >= 4 is 11.8 Å². The minimum absolute atomic E-state index is 0.0580. The monoisotopic (exact) mass is 253 g/mol. The summed E-state index contributed by atoms with van der Waals surface area (Å²) in [6.45, 7) is 2.88. The van der Waals surface area contributed by atoms with Crippen molar-refractivity contribution in [2.24, 2.45) is 5.73 Å². The summed E-state index contributed by atoms with van der Waals surface area (Å²) in [4.78, 5) is 8.77. The first kappa shape index (κ1) is 12.8. The van der Waals surface area contributed by atoms with Crippen molar-refractivity contribution in [1.29, 1.82) is 0 Å². The summed E-state index contributed by atoms with van der Waals surface area (Å²) in [5, 5.41) is 0. The maximum Gasteiger partial charge on any atom is 0.157 e. The first-order chi connectivity index (χ1) is 8.29. The topological polar surface area (TPSA) is 61.0 Å². The lowest BCUT2D eigenvalue weighted by atomic mass is 10.1. The van der Waals surface area contributed by atoms with E-state index in [1.807, 2.05) is 24.2 Å². The van der Waals surface area contributed by atoms with E-state index in [2.05, 4.69) is 16.9 Å². The summed E-state index contributed by atoms with van der Waals surface area (Å²) in [5.41, 5.74) is 7.01. The second-order valence-corrected chi connectivity index (χ2v) is 5.41. The van der Waals surface area contributed by atoms with Crippen molar-refractivity contribution in [3.8, 4) is 0 Å². The molecule has 0 saturated carbocycles. The second kappa shape index (κ2) is 6.33. The zero-order valence-corrected chi connectivity index (χ0v) is 10.9. The van der Waals surface area contributed by atoms with Gasteiger partial charge in [0.05, 0.1) is 6.61 Å². The Morgan fingerprint density at radius 1 is 1.53 bits per heavy atom. The zero-order valence-electron chi connectivity index (χ0n) is 10.1. The van der Waals surface area contributed by atoms with Crippen LogP contribution in [-0.4, -0.2) is 34.1 Å². The summed E-state index contributed by atoms with van der Waals surface area (Å²) < 4.78 is 5.64. The van der Waals surface area contributed by atoms with Crippen molar-refractivity contribution in [3.05, 3.63) is 23.8 Å². The molecular weight excluding hydrogens is 234 g/mol. The molecule has 1 saturated heterocycles. The summed E-state index contributed by atoms with van der Waals surface area (Å²) in [5.74, 6) is 2.82. The van der Waals surface area contributed by atoms with Gasteiger partial charge in [-0.05, 0) is 18.4 Å². The molecule has 1 fully saturated rings. The normalized spacial score (nSPS) is 22.4. The number of hydrogen-bond acceptors (Lipinski definition) is 5. The van der Waals surface area contributed by atoms with E-state index in [0.29, 0.717) is 0 Å². The minimum atomic E-state index is 0.0580. The molecule has 2 unspecified atom stereocenters. The number of thioether (sulfide) groups is 1. The van der Waals surface area contributed by atoms with Crippen LogP contribution >= 0.6 is 11.8 Å². The molecule has 0 bridgehead atoms. The predicted octanol–water partition coefficient (Wildman–Crippen LogP) is 1.56. The fourth-order valence-corrected chi connectivity index (χ4v) is 2.56. The van der Waals surface area contributed by atoms with Crippen LogP contribution in [0.4, 0.5) is 0 Å². The molecule has 0 spiro atoms. The number of nitrogens with zero attached hydrogens (tertiary/aromatic N) is 2. The Labute approximate surface area is 106 Å². The lowest BCUT2D eigenvalue weighted by Gasteiger charge is -2.20. The van der Waals surface area contributed by atoms with Gasteiger partial charge in [0.15, 0.2) is 5.82 Å². The molecule has 2 N–H and O–H groups in total. The Balaban J connectivity index is 1.97. The summed E-state index contributed by atoms with van der Waals surface area (Å²) in [7, 11) is 0. The van der Waals surface area contributed by atoms with E-state index in [9.17, 15) is 0 Å². The highest BCUT2D eigenvalue weighted by atomic mass is 32.2. The smallest absolute Gasteiger partial charge is 0.157 e. The van der Waals surface area contributed by atoms with E-state index in [1.54, 1.807) is 0 Å². The Morgan fingerprint density at radius 3 is 2.88 bits per heavy atom. The zero-order chi connectivity index (χ0) is 12.1. The van der Waals surface area contributed by atoms with E-state index >= 15 is 0 Å². The Bertz CT molecular complexity index is 338. The fourth-order valence-electron chi connectivity index (χ4n) is 1.72. The Morgan fingerprint density at radius 2 is 2.29 bits per heavy atom. The number of ether oxygens (including phenoxy) is 1. The number of hydrogen-bond donors (Lipinski definition) is 1. The van der Waals surface area contributed by atoms with Gasteiger partial charge in [-0.25, -0.2) is 9.97 Å². The first-order valence-corrected chi connectivity index (χ1v) is 7.20. The van der Waals surface area contributed by atoms with Crippen LogP contribution in [-0.2, 0) is 11.2 Å². The highest BCUT2D eigenvalue weighted by molar-refractivity contribution is 7.99. The second-order valence-electron chi connectivity index (χ2n) is 4.26. The quantitative estimate of drug-likeness (QED) is 0.882. The standard InChI is InChI=1S/C12H19N3OS/c1-2-10(13)5-9-6-14-12(15-7-9)11-8-17-4-3-16-11/h6-7,10-11H,2-5,8,13H2,1H3. The molecule has 4 nitrogen and oxygen atoms in total. The molecule has 94 valence electrons. The van der Waals surface area contributed by atoms with Gasteiger partial charge in [0, 0.05) is 29.9 Å². The van der Waals surface area contributed by atoms with Gasteiger partial charge in [-0.2, -0.15) is 11.8 Å². The molecular formula is C12H19N3OS. The lowest BCUT2D eigenvalue weighted by molar-refractivity contribution is 0.0694. The van der Waals surface area contributed by atoms with Crippen LogP contribution in [0.3, 0.4) is 0 Å².